The van der Waals surface area contributed by atoms with Crippen LogP contribution in [0.25, 0.3) is 11.3 Å². The number of amides is 1. The molecule has 4 rings (SSSR count). The summed E-state index contributed by atoms with van der Waals surface area (Å²) in [6, 6.07) is 30.1. The molecule has 5 heteroatoms. The Kier molecular flexibility index (Phi) is 7.21. The molecule has 0 bridgehead atoms. The molecule has 0 radical (unpaired) electrons. The number of nitrogens with zero attached hydrogens (tertiary/aromatic N) is 3. The molecule has 160 valence electrons. The first kappa shape index (κ1) is 21.2. The number of hydrogen-bond acceptors (Lipinski definition) is 4. The monoisotopic (exact) mass is 422 g/mol. The lowest BCUT2D eigenvalue weighted by atomic mass is 10.1. The topological polar surface area (TPSA) is 58.1 Å². The van der Waals surface area contributed by atoms with Crippen LogP contribution in [0.5, 0.6) is 0 Å². The third kappa shape index (κ3) is 5.58. The summed E-state index contributed by atoms with van der Waals surface area (Å²) in [5.74, 6) is 0.704. The third-order valence-electron chi connectivity index (χ3n) is 5.26. The molecule has 4 aromatic rings. The fourth-order valence-electron chi connectivity index (χ4n) is 3.56. The zero-order valence-corrected chi connectivity index (χ0v) is 17.9. The van der Waals surface area contributed by atoms with Crippen molar-refractivity contribution in [1.29, 1.82) is 0 Å². The van der Waals surface area contributed by atoms with Crippen molar-refractivity contribution in [3.63, 3.8) is 0 Å². The third-order valence-corrected chi connectivity index (χ3v) is 5.26. The summed E-state index contributed by atoms with van der Waals surface area (Å²) in [6.45, 7) is 1.25. The molecule has 5 nitrogen and oxygen atoms in total. The van der Waals surface area contributed by atoms with Crippen LogP contribution in [0, 0.1) is 0 Å². The number of benzene rings is 2. The van der Waals surface area contributed by atoms with E-state index in [1.165, 1.54) is 5.56 Å². The Hall–Kier alpha value is -3.99. The van der Waals surface area contributed by atoms with E-state index in [0.717, 1.165) is 42.0 Å². The number of carbonyl (C=O) groups excluding carboxylic acids is 1. The Balaban J connectivity index is 1.56. The molecular formula is C27H26N4O. The van der Waals surface area contributed by atoms with Crippen LogP contribution in [-0.2, 0) is 17.6 Å². The molecule has 0 aliphatic rings. The lowest BCUT2D eigenvalue weighted by Gasteiger charge is -2.21. The minimum absolute atomic E-state index is 0.528. The lowest BCUT2D eigenvalue weighted by Crippen LogP contribution is -2.26. The summed E-state index contributed by atoms with van der Waals surface area (Å²) >= 11 is 0. The van der Waals surface area contributed by atoms with Crippen LogP contribution >= 0.6 is 0 Å². The molecule has 2 aromatic carbocycles. The minimum Gasteiger partial charge on any atom is -0.368 e. The first-order valence-corrected chi connectivity index (χ1v) is 10.8. The largest absolute Gasteiger partial charge is 0.368 e. The second-order valence-corrected chi connectivity index (χ2v) is 7.46. The first-order valence-electron chi connectivity index (χ1n) is 10.8. The van der Waals surface area contributed by atoms with Gasteiger partial charge in [0.15, 0.2) is 5.82 Å². The molecule has 2 aromatic heterocycles. The van der Waals surface area contributed by atoms with Crippen molar-refractivity contribution >= 4 is 17.9 Å². The van der Waals surface area contributed by atoms with Crippen LogP contribution in [0.3, 0.4) is 0 Å². The van der Waals surface area contributed by atoms with Gasteiger partial charge in [-0.05, 0) is 36.2 Å². The maximum absolute atomic E-state index is 12.0. The second kappa shape index (κ2) is 10.9. The van der Waals surface area contributed by atoms with E-state index in [0.29, 0.717) is 18.8 Å². The van der Waals surface area contributed by atoms with Gasteiger partial charge in [0.2, 0.25) is 6.41 Å². The Morgan fingerprint density at radius 1 is 0.812 bits per heavy atom. The number of pyridine rings is 2. The summed E-state index contributed by atoms with van der Waals surface area (Å²) in [6.07, 6.45) is 4.17. The molecule has 0 fully saturated rings. The van der Waals surface area contributed by atoms with Crippen molar-refractivity contribution in [2.24, 2.45) is 0 Å². The number of aromatic nitrogens is 2. The van der Waals surface area contributed by atoms with E-state index >= 15 is 0 Å². The van der Waals surface area contributed by atoms with Crippen LogP contribution in [0.15, 0.2) is 97.2 Å². The molecule has 2 heterocycles. The Morgan fingerprint density at radius 3 is 2.28 bits per heavy atom. The van der Waals surface area contributed by atoms with Gasteiger partial charge in [0, 0.05) is 37.0 Å². The summed E-state index contributed by atoms with van der Waals surface area (Å²) < 4.78 is 0. The predicted molar refractivity (Wildman–Crippen MR) is 130 cm³/mol. The molecule has 0 atom stereocenters. The normalized spacial score (nSPS) is 10.5. The highest BCUT2D eigenvalue weighted by atomic mass is 16.1. The highest BCUT2D eigenvalue weighted by Crippen LogP contribution is 2.28. The van der Waals surface area contributed by atoms with Crippen LogP contribution in [0.2, 0.25) is 0 Å². The molecule has 0 saturated carbocycles. The molecule has 1 amide bonds. The Bertz CT molecular complexity index is 1120. The van der Waals surface area contributed by atoms with Crippen molar-refractivity contribution in [1.82, 2.24) is 9.97 Å². The van der Waals surface area contributed by atoms with Crippen molar-refractivity contribution in [2.75, 3.05) is 23.3 Å². The molecule has 0 aliphatic carbocycles. The van der Waals surface area contributed by atoms with E-state index in [1.807, 2.05) is 78.9 Å². The van der Waals surface area contributed by atoms with E-state index in [4.69, 9.17) is 4.98 Å². The van der Waals surface area contributed by atoms with Gasteiger partial charge in [-0.3, -0.25) is 9.78 Å². The van der Waals surface area contributed by atoms with Gasteiger partial charge >= 0.3 is 0 Å². The van der Waals surface area contributed by atoms with Gasteiger partial charge in [-0.1, -0.05) is 66.7 Å². The summed E-state index contributed by atoms with van der Waals surface area (Å²) in [7, 11) is 0. The molecular weight excluding hydrogens is 396 g/mol. The first-order chi connectivity index (χ1) is 15.8. The number of anilines is 2. The average Bonchev–Trinajstić information content (AvgIpc) is 2.87. The molecule has 0 spiro atoms. The van der Waals surface area contributed by atoms with Gasteiger partial charge in [-0.15, -0.1) is 0 Å². The van der Waals surface area contributed by atoms with E-state index in [-0.39, 0.29) is 0 Å². The lowest BCUT2D eigenvalue weighted by molar-refractivity contribution is -0.107. The highest BCUT2D eigenvalue weighted by Gasteiger charge is 2.14. The second-order valence-electron chi connectivity index (χ2n) is 7.46. The maximum Gasteiger partial charge on any atom is 0.214 e. The summed E-state index contributed by atoms with van der Waals surface area (Å²) in [5.41, 5.74) is 4.88. The van der Waals surface area contributed by atoms with Gasteiger partial charge in [-0.2, -0.15) is 0 Å². The van der Waals surface area contributed by atoms with Crippen LogP contribution in [0.4, 0.5) is 11.5 Å². The molecule has 0 aliphatic heterocycles. The zero-order chi connectivity index (χ0) is 22.0. The highest BCUT2D eigenvalue weighted by molar-refractivity contribution is 5.83. The molecule has 32 heavy (non-hydrogen) atoms. The van der Waals surface area contributed by atoms with Crippen LogP contribution in [0.1, 0.15) is 11.3 Å². The van der Waals surface area contributed by atoms with E-state index in [2.05, 4.69) is 22.4 Å². The quantitative estimate of drug-likeness (QED) is 0.365. The Labute approximate surface area is 188 Å². The number of rotatable bonds is 10. The van der Waals surface area contributed by atoms with Crippen molar-refractivity contribution in [3.8, 4) is 11.3 Å². The maximum atomic E-state index is 12.0. The SMILES string of the molecule is O=CN(CCc1ccccn1)c1ccc(-c2ccccc2)nc1NCCc1ccccc1. The fraction of sp³-hybridized carbons (Fsp3) is 0.148. The van der Waals surface area contributed by atoms with Gasteiger partial charge in [0.1, 0.15) is 0 Å². The Morgan fingerprint density at radius 2 is 1.56 bits per heavy atom. The minimum atomic E-state index is 0.528. The smallest absolute Gasteiger partial charge is 0.214 e. The van der Waals surface area contributed by atoms with Crippen LogP contribution < -0.4 is 10.2 Å². The predicted octanol–water partition coefficient (Wildman–Crippen LogP) is 5.00. The van der Waals surface area contributed by atoms with Gasteiger partial charge in [0.05, 0.1) is 11.4 Å². The molecule has 0 saturated heterocycles. The summed E-state index contributed by atoms with van der Waals surface area (Å²) in [5, 5.41) is 3.46. The average molecular weight is 423 g/mol. The number of nitrogens with one attached hydrogen (secondary N) is 1. The van der Waals surface area contributed by atoms with E-state index in [9.17, 15) is 4.79 Å². The van der Waals surface area contributed by atoms with Crippen molar-refractivity contribution in [2.45, 2.75) is 12.8 Å². The van der Waals surface area contributed by atoms with Gasteiger partial charge < -0.3 is 10.2 Å². The van der Waals surface area contributed by atoms with Crippen LogP contribution in [-0.4, -0.2) is 29.5 Å². The number of hydrogen-bond donors (Lipinski definition) is 1. The summed E-state index contributed by atoms with van der Waals surface area (Å²) in [4.78, 5) is 22.9. The fourth-order valence-corrected chi connectivity index (χ4v) is 3.56. The van der Waals surface area contributed by atoms with Crippen molar-refractivity contribution in [3.05, 3.63) is 108 Å². The molecule has 1 N–H and O–H groups in total. The van der Waals surface area contributed by atoms with Gasteiger partial charge in [-0.25, -0.2) is 4.98 Å². The molecule has 0 unspecified atom stereocenters. The van der Waals surface area contributed by atoms with Gasteiger partial charge in [0.25, 0.3) is 0 Å². The zero-order valence-electron chi connectivity index (χ0n) is 17.9. The van der Waals surface area contributed by atoms with E-state index in [1.54, 1.807) is 11.1 Å². The number of carbonyl (C=O) groups is 1. The standard InChI is InChI=1S/C27H26N4O/c32-21-31(20-17-24-13-7-8-18-28-24)26-15-14-25(23-11-5-2-6-12-23)30-27(26)29-19-16-22-9-3-1-4-10-22/h1-15,18,21H,16-17,19-20H2,(H,29,30). The van der Waals surface area contributed by atoms with E-state index < -0.39 is 0 Å². The van der Waals surface area contributed by atoms with Crippen molar-refractivity contribution < 1.29 is 4.79 Å².